The highest BCUT2D eigenvalue weighted by Gasteiger charge is 2.25. The molecule has 1 aromatic rings. The van der Waals surface area contributed by atoms with Crippen LogP contribution in [0.15, 0.2) is 24.3 Å². The van der Waals surface area contributed by atoms with Gasteiger partial charge in [-0.05, 0) is 17.9 Å². The molecule has 1 atom stereocenters. The van der Waals surface area contributed by atoms with E-state index < -0.39 is 4.92 Å². The summed E-state index contributed by atoms with van der Waals surface area (Å²) in [6.45, 7) is 5.85. The minimum absolute atomic E-state index is 0.0141. The molecule has 0 aliphatic heterocycles. The molecule has 7 nitrogen and oxygen atoms in total. The summed E-state index contributed by atoms with van der Waals surface area (Å²) in [4.78, 5) is 22.4. The number of hydrogen-bond acceptors (Lipinski definition) is 5. The Morgan fingerprint density at radius 1 is 1.36 bits per heavy atom. The number of carbonyl (C=O) groups excluding carboxylic acids is 1. The number of nitrogens with one attached hydrogen (secondary N) is 2. The fourth-order valence-electron chi connectivity index (χ4n) is 2.05. The minimum Gasteiger partial charge on any atom is -0.396 e. The molecule has 1 aromatic carbocycles. The van der Waals surface area contributed by atoms with E-state index in [2.05, 4.69) is 10.6 Å². The number of para-hydroxylation sites is 2. The molecule has 1 amide bonds. The molecule has 0 aliphatic carbocycles. The van der Waals surface area contributed by atoms with E-state index in [9.17, 15) is 14.9 Å². The fraction of sp³-hybridized carbons (Fsp3) is 0.533. The molecule has 0 radical (unpaired) electrons. The van der Waals surface area contributed by atoms with Gasteiger partial charge in [0, 0.05) is 18.7 Å². The van der Waals surface area contributed by atoms with Gasteiger partial charge in [0.15, 0.2) is 0 Å². The third-order valence-electron chi connectivity index (χ3n) is 3.34. The van der Waals surface area contributed by atoms with Crippen LogP contribution < -0.4 is 10.6 Å². The van der Waals surface area contributed by atoms with E-state index in [1.165, 1.54) is 6.07 Å². The normalized spacial score (nSPS) is 12.5. The van der Waals surface area contributed by atoms with Gasteiger partial charge in [0.25, 0.3) is 5.69 Å². The van der Waals surface area contributed by atoms with Crippen molar-refractivity contribution < 1.29 is 14.8 Å². The number of carbonyl (C=O) groups is 1. The predicted octanol–water partition coefficient (Wildman–Crippen LogP) is 1.92. The van der Waals surface area contributed by atoms with Gasteiger partial charge >= 0.3 is 0 Å². The lowest BCUT2D eigenvalue weighted by Crippen LogP contribution is -2.46. The molecule has 0 saturated heterocycles. The number of nitro groups is 1. The van der Waals surface area contributed by atoms with Crippen LogP contribution in [0, 0.1) is 15.5 Å². The molecule has 0 aromatic heterocycles. The van der Waals surface area contributed by atoms with Crippen molar-refractivity contribution in [1.29, 1.82) is 0 Å². The topological polar surface area (TPSA) is 104 Å². The van der Waals surface area contributed by atoms with Gasteiger partial charge in [-0.3, -0.25) is 14.9 Å². The van der Waals surface area contributed by atoms with Crippen molar-refractivity contribution in [3.8, 4) is 0 Å². The first kappa shape index (κ1) is 17.9. The van der Waals surface area contributed by atoms with Crippen molar-refractivity contribution in [2.75, 3.05) is 18.5 Å². The van der Waals surface area contributed by atoms with Gasteiger partial charge in [0.1, 0.15) is 5.69 Å². The molecule has 22 heavy (non-hydrogen) atoms. The molecule has 1 unspecified atom stereocenters. The number of hydrogen-bond donors (Lipinski definition) is 3. The van der Waals surface area contributed by atoms with Crippen LogP contribution >= 0.6 is 0 Å². The van der Waals surface area contributed by atoms with Crippen LogP contribution in [0.1, 0.15) is 27.2 Å². The van der Waals surface area contributed by atoms with Crippen molar-refractivity contribution in [3.05, 3.63) is 34.4 Å². The smallest absolute Gasteiger partial charge is 0.292 e. The average molecular weight is 309 g/mol. The van der Waals surface area contributed by atoms with E-state index in [0.717, 1.165) is 0 Å². The highest BCUT2D eigenvalue weighted by molar-refractivity contribution is 5.82. The van der Waals surface area contributed by atoms with Crippen LogP contribution in [0.3, 0.4) is 0 Å². The summed E-state index contributed by atoms with van der Waals surface area (Å²) in [6.07, 6.45) is 0.459. The van der Waals surface area contributed by atoms with Gasteiger partial charge in [-0.1, -0.05) is 32.9 Å². The van der Waals surface area contributed by atoms with Crippen LogP contribution in [0.4, 0.5) is 11.4 Å². The molecule has 0 fully saturated rings. The van der Waals surface area contributed by atoms with E-state index in [4.69, 9.17) is 5.11 Å². The number of nitro benzene ring substituents is 1. The Morgan fingerprint density at radius 3 is 2.55 bits per heavy atom. The zero-order valence-electron chi connectivity index (χ0n) is 13.1. The number of amides is 1. The lowest BCUT2D eigenvalue weighted by atomic mass is 9.85. The van der Waals surface area contributed by atoms with Crippen LogP contribution in [0.2, 0.25) is 0 Å². The maximum atomic E-state index is 12.0. The lowest BCUT2D eigenvalue weighted by molar-refractivity contribution is -0.383. The zero-order chi connectivity index (χ0) is 16.8. The van der Waals surface area contributed by atoms with Crippen molar-refractivity contribution in [2.45, 2.75) is 33.2 Å². The van der Waals surface area contributed by atoms with Crippen molar-refractivity contribution in [3.63, 3.8) is 0 Å². The number of aliphatic hydroxyl groups excluding tert-OH is 1. The van der Waals surface area contributed by atoms with Gasteiger partial charge < -0.3 is 15.7 Å². The summed E-state index contributed by atoms with van der Waals surface area (Å²) in [7, 11) is 0. The number of rotatable bonds is 7. The molecule has 0 heterocycles. The highest BCUT2D eigenvalue weighted by atomic mass is 16.6. The molecule has 7 heteroatoms. The van der Waals surface area contributed by atoms with Crippen LogP contribution in [0.5, 0.6) is 0 Å². The Hall–Kier alpha value is -2.15. The minimum atomic E-state index is -0.496. The number of anilines is 1. The Kier molecular flexibility index (Phi) is 6.30. The first-order valence-electron chi connectivity index (χ1n) is 7.13. The Balaban J connectivity index is 2.65. The van der Waals surface area contributed by atoms with E-state index in [-0.39, 0.29) is 36.2 Å². The molecular weight excluding hydrogens is 286 g/mol. The second-order valence-corrected chi connectivity index (χ2v) is 6.13. The monoisotopic (exact) mass is 309 g/mol. The van der Waals surface area contributed by atoms with Gasteiger partial charge in [-0.2, -0.15) is 0 Å². The summed E-state index contributed by atoms with van der Waals surface area (Å²) in [5, 5.41) is 25.6. The maximum absolute atomic E-state index is 12.0. The standard InChI is InChI=1S/C15H23N3O4/c1-15(2,3)13(8-9-19)17-14(20)10-16-11-6-4-5-7-12(11)18(21)22/h4-7,13,16,19H,8-10H2,1-3H3,(H,17,20). The average Bonchev–Trinajstić information content (AvgIpc) is 2.44. The van der Waals surface area contributed by atoms with Crippen molar-refractivity contribution in [2.24, 2.45) is 5.41 Å². The molecule has 0 saturated carbocycles. The summed E-state index contributed by atoms with van der Waals surface area (Å²) in [5.41, 5.74) is 0.0482. The molecule has 3 N–H and O–H groups in total. The third kappa shape index (κ3) is 5.33. The largest absolute Gasteiger partial charge is 0.396 e. The van der Waals surface area contributed by atoms with Crippen molar-refractivity contribution >= 4 is 17.3 Å². The van der Waals surface area contributed by atoms with Gasteiger partial charge in [0.2, 0.25) is 5.91 Å². The van der Waals surface area contributed by atoms with E-state index in [1.807, 2.05) is 20.8 Å². The first-order chi connectivity index (χ1) is 10.3. The Bertz CT molecular complexity index is 526. The third-order valence-corrected chi connectivity index (χ3v) is 3.34. The molecule has 122 valence electrons. The number of aliphatic hydroxyl groups is 1. The molecular formula is C15H23N3O4. The van der Waals surface area contributed by atoms with E-state index in [0.29, 0.717) is 12.1 Å². The number of benzene rings is 1. The summed E-state index contributed by atoms with van der Waals surface area (Å²) in [5.74, 6) is -0.272. The molecule has 0 bridgehead atoms. The zero-order valence-corrected chi connectivity index (χ0v) is 13.1. The Morgan fingerprint density at radius 2 is 2.00 bits per heavy atom. The van der Waals surface area contributed by atoms with Crippen molar-refractivity contribution in [1.82, 2.24) is 5.32 Å². The second kappa shape index (κ2) is 7.74. The Labute approximate surface area is 129 Å². The molecule has 0 aliphatic rings. The maximum Gasteiger partial charge on any atom is 0.292 e. The predicted molar refractivity (Wildman–Crippen MR) is 84.7 cm³/mol. The van der Waals surface area contributed by atoms with E-state index in [1.54, 1.807) is 18.2 Å². The quantitative estimate of drug-likeness (QED) is 0.527. The van der Waals surface area contributed by atoms with Gasteiger partial charge in [0.05, 0.1) is 11.5 Å². The summed E-state index contributed by atoms with van der Waals surface area (Å²) < 4.78 is 0. The second-order valence-electron chi connectivity index (χ2n) is 6.13. The fourth-order valence-corrected chi connectivity index (χ4v) is 2.05. The van der Waals surface area contributed by atoms with Crippen LogP contribution in [0.25, 0.3) is 0 Å². The first-order valence-corrected chi connectivity index (χ1v) is 7.13. The lowest BCUT2D eigenvalue weighted by Gasteiger charge is -2.31. The number of nitrogens with zero attached hydrogens (tertiary/aromatic N) is 1. The highest BCUT2D eigenvalue weighted by Crippen LogP contribution is 2.23. The summed E-state index contributed by atoms with van der Waals surface area (Å²) >= 11 is 0. The SMILES string of the molecule is CC(C)(C)C(CCO)NC(=O)CNc1ccccc1[N+](=O)[O-]. The molecule has 1 rings (SSSR count). The van der Waals surface area contributed by atoms with Gasteiger partial charge in [-0.25, -0.2) is 0 Å². The van der Waals surface area contributed by atoms with Crippen LogP contribution in [-0.2, 0) is 4.79 Å². The van der Waals surface area contributed by atoms with Crippen LogP contribution in [-0.4, -0.2) is 35.1 Å². The molecule has 0 spiro atoms. The summed E-state index contributed by atoms with van der Waals surface area (Å²) in [6, 6.07) is 6.00. The van der Waals surface area contributed by atoms with E-state index >= 15 is 0 Å². The van der Waals surface area contributed by atoms with Gasteiger partial charge in [-0.15, -0.1) is 0 Å².